The molecule has 0 radical (unpaired) electrons. The molecule has 1 heterocycles. The molecule has 49 heavy (non-hydrogen) atoms. The van der Waals surface area contributed by atoms with Gasteiger partial charge in [0.2, 0.25) is 0 Å². The zero-order valence-electron chi connectivity index (χ0n) is 26.8. The van der Waals surface area contributed by atoms with Gasteiger partial charge in [0.1, 0.15) is 5.58 Å². The molecule has 0 N–H and O–H groups in total. The molecule has 232 valence electrons. The zero-order valence-corrected chi connectivity index (χ0v) is 26.8. The first kappa shape index (κ1) is 28.6. The summed E-state index contributed by atoms with van der Waals surface area (Å²) in [7, 11) is 0. The number of benzene rings is 8. The number of anilines is 6. The number of rotatable bonds is 7. The molecule has 0 unspecified atom stereocenters. The van der Waals surface area contributed by atoms with Gasteiger partial charge in [0.15, 0.2) is 5.58 Å². The van der Waals surface area contributed by atoms with Gasteiger partial charge in [-0.3, -0.25) is 0 Å². The molecule has 3 heteroatoms. The number of nitrogens with zero attached hydrogens (tertiary/aromatic N) is 2. The summed E-state index contributed by atoms with van der Waals surface area (Å²) in [6, 6.07) is 68.4. The van der Waals surface area contributed by atoms with Crippen LogP contribution in [0.5, 0.6) is 0 Å². The van der Waals surface area contributed by atoms with Gasteiger partial charge < -0.3 is 14.2 Å². The van der Waals surface area contributed by atoms with Gasteiger partial charge in [-0.15, -0.1) is 0 Å². The molecule has 0 amide bonds. The smallest absolute Gasteiger partial charge is 0.161 e. The van der Waals surface area contributed by atoms with Gasteiger partial charge in [0.25, 0.3) is 0 Å². The van der Waals surface area contributed by atoms with Crippen molar-refractivity contribution in [2.75, 3.05) is 9.80 Å². The molecule has 9 rings (SSSR count). The molecule has 8 aromatic carbocycles. The molecule has 0 bridgehead atoms. The lowest BCUT2D eigenvalue weighted by atomic mass is 10.0. The lowest BCUT2D eigenvalue weighted by molar-refractivity contribution is 0.669. The molecule has 0 fully saturated rings. The van der Waals surface area contributed by atoms with Crippen LogP contribution < -0.4 is 9.80 Å². The van der Waals surface area contributed by atoms with Crippen molar-refractivity contribution in [3.63, 3.8) is 0 Å². The number of hydrogen-bond donors (Lipinski definition) is 0. The second-order valence-corrected chi connectivity index (χ2v) is 12.2. The summed E-state index contributed by atoms with van der Waals surface area (Å²) >= 11 is 0. The Balaban J connectivity index is 1.36. The molecule has 0 aliphatic rings. The van der Waals surface area contributed by atoms with Crippen LogP contribution in [0.4, 0.5) is 34.1 Å². The van der Waals surface area contributed by atoms with E-state index in [0.29, 0.717) is 0 Å². The van der Waals surface area contributed by atoms with Crippen molar-refractivity contribution in [2.24, 2.45) is 0 Å². The van der Waals surface area contributed by atoms with E-state index in [-0.39, 0.29) is 0 Å². The average molecular weight is 629 g/mol. The first-order valence-electron chi connectivity index (χ1n) is 16.6. The summed E-state index contributed by atoms with van der Waals surface area (Å²) in [5.74, 6) is 0. The molecule has 0 aliphatic heterocycles. The van der Waals surface area contributed by atoms with E-state index in [2.05, 4.69) is 204 Å². The lowest BCUT2D eigenvalue weighted by Gasteiger charge is -2.29. The van der Waals surface area contributed by atoms with Crippen LogP contribution in [-0.2, 0) is 0 Å². The SMILES string of the molecule is c1ccc(-c2cccc(N(c3ccccc3)c3ccc(N(c4ccccc4)c4ccccc4)c4c3oc3cc5ccccc5cc34)c2)cc1. The minimum absolute atomic E-state index is 0.827. The van der Waals surface area contributed by atoms with E-state index in [4.69, 9.17) is 4.42 Å². The first-order chi connectivity index (χ1) is 24.3. The Hall–Kier alpha value is -6.58. The van der Waals surface area contributed by atoms with Crippen LogP contribution in [0.2, 0.25) is 0 Å². The Morgan fingerprint density at radius 2 is 0.816 bits per heavy atom. The second kappa shape index (κ2) is 12.2. The maximum atomic E-state index is 7.02. The van der Waals surface area contributed by atoms with Crippen LogP contribution in [-0.4, -0.2) is 0 Å². The van der Waals surface area contributed by atoms with Crippen molar-refractivity contribution in [3.05, 3.63) is 194 Å². The van der Waals surface area contributed by atoms with E-state index < -0.39 is 0 Å². The molecule has 3 nitrogen and oxygen atoms in total. The summed E-state index contributed by atoms with van der Waals surface area (Å²) in [6.07, 6.45) is 0. The van der Waals surface area contributed by atoms with Crippen LogP contribution in [0, 0.1) is 0 Å². The van der Waals surface area contributed by atoms with Crippen LogP contribution >= 0.6 is 0 Å². The van der Waals surface area contributed by atoms with Gasteiger partial charge >= 0.3 is 0 Å². The van der Waals surface area contributed by atoms with Crippen LogP contribution in [0.3, 0.4) is 0 Å². The third-order valence-electron chi connectivity index (χ3n) is 9.18. The first-order valence-corrected chi connectivity index (χ1v) is 16.6. The molecule has 9 aromatic rings. The van der Waals surface area contributed by atoms with Crippen molar-refractivity contribution >= 4 is 66.8 Å². The number of furan rings is 1. The van der Waals surface area contributed by atoms with Gasteiger partial charge in [0, 0.05) is 28.1 Å². The summed E-state index contributed by atoms with van der Waals surface area (Å²) in [4.78, 5) is 4.65. The van der Waals surface area contributed by atoms with E-state index in [1.165, 1.54) is 10.9 Å². The highest BCUT2D eigenvalue weighted by Gasteiger charge is 2.25. The number of fused-ring (bicyclic) bond motifs is 4. The minimum Gasteiger partial charge on any atom is -0.454 e. The number of para-hydroxylation sites is 3. The monoisotopic (exact) mass is 628 g/mol. The van der Waals surface area contributed by atoms with Gasteiger partial charge in [-0.25, -0.2) is 0 Å². The van der Waals surface area contributed by atoms with Crippen molar-refractivity contribution < 1.29 is 4.42 Å². The minimum atomic E-state index is 0.827. The standard InChI is InChI=1S/C46H32N2O/c1-5-16-33(17-6-1)34-20-15-27-40(30-34)48(39-25-11-4-12-26-39)43-29-28-42(47(37-21-7-2-8-22-37)38-23-9-3-10-24-38)45-41-31-35-18-13-14-19-36(35)32-44(41)49-46(43)45/h1-32H. The maximum Gasteiger partial charge on any atom is 0.161 e. The number of hydrogen-bond acceptors (Lipinski definition) is 3. The Labute approximate surface area is 285 Å². The maximum absolute atomic E-state index is 7.02. The van der Waals surface area contributed by atoms with Crippen LogP contribution in [0.15, 0.2) is 199 Å². The predicted molar refractivity (Wildman–Crippen MR) is 206 cm³/mol. The van der Waals surface area contributed by atoms with E-state index in [1.807, 2.05) is 0 Å². The van der Waals surface area contributed by atoms with Crippen molar-refractivity contribution in [2.45, 2.75) is 0 Å². The molecular formula is C46H32N2O. The van der Waals surface area contributed by atoms with E-state index >= 15 is 0 Å². The topological polar surface area (TPSA) is 19.6 Å². The molecular weight excluding hydrogens is 597 g/mol. The molecule has 0 saturated heterocycles. The highest BCUT2D eigenvalue weighted by Crippen LogP contribution is 2.49. The van der Waals surface area contributed by atoms with Gasteiger partial charge in [0.05, 0.1) is 16.8 Å². The summed E-state index contributed by atoms with van der Waals surface area (Å²) in [5, 5.41) is 4.46. The summed E-state index contributed by atoms with van der Waals surface area (Å²) < 4.78 is 7.02. The van der Waals surface area contributed by atoms with Crippen LogP contribution in [0.25, 0.3) is 43.8 Å². The largest absolute Gasteiger partial charge is 0.454 e. The fourth-order valence-electron chi connectivity index (χ4n) is 6.94. The van der Waals surface area contributed by atoms with Crippen molar-refractivity contribution in [1.29, 1.82) is 0 Å². The van der Waals surface area contributed by atoms with Crippen molar-refractivity contribution in [1.82, 2.24) is 0 Å². The normalized spacial score (nSPS) is 11.3. The van der Waals surface area contributed by atoms with Gasteiger partial charge in [-0.05, 0) is 94.7 Å². The molecule has 0 saturated carbocycles. The van der Waals surface area contributed by atoms with Crippen molar-refractivity contribution in [3.8, 4) is 11.1 Å². The predicted octanol–water partition coefficient (Wildman–Crippen LogP) is 13.3. The van der Waals surface area contributed by atoms with E-state index in [0.717, 1.165) is 67.0 Å². The highest BCUT2D eigenvalue weighted by atomic mass is 16.3. The molecule has 0 atom stereocenters. The molecule has 0 spiro atoms. The zero-order chi connectivity index (χ0) is 32.6. The fourth-order valence-corrected chi connectivity index (χ4v) is 6.94. The lowest BCUT2D eigenvalue weighted by Crippen LogP contribution is -2.13. The Kier molecular flexibility index (Phi) is 7.14. The fraction of sp³-hybridized carbons (Fsp3) is 0. The Bertz CT molecular complexity index is 2500. The van der Waals surface area contributed by atoms with Gasteiger partial charge in [-0.2, -0.15) is 0 Å². The van der Waals surface area contributed by atoms with Gasteiger partial charge in [-0.1, -0.05) is 121 Å². The van der Waals surface area contributed by atoms with E-state index in [9.17, 15) is 0 Å². The third kappa shape index (κ3) is 5.18. The third-order valence-corrected chi connectivity index (χ3v) is 9.18. The van der Waals surface area contributed by atoms with E-state index in [1.54, 1.807) is 0 Å². The van der Waals surface area contributed by atoms with Crippen LogP contribution in [0.1, 0.15) is 0 Å². The summed E-state index contributed by atoms with van der Waals surface area (Å²) in [6.45, 7) is 0. The average Bonchev–Trinajstić information content (AvgIpc) is 3.55. The highest BCUT2D eigenvalue weighted by molar-refractivity contribution is 6.19. The Morgan fingerprint density at radius 3 is 1.43 bits per heavy atom. The molecule has 0 aliphatic carbocycles. The second-order valence-electron chi connectivity index (χ2n) is 12.2. The Morgan fingerprint density at radius 1 is 0.347 bits per heavy atom. The molecule has 1 aromatic heterocycles. The quantitative estimate of drug-likeness (QED) is 0.175. The summed E-state index contributed by atoms with van der Waals surface area (Å²) in [5.41, 5.74) is 10.3.